The lowest BCUT2D eigenvalue weighted by Gasteiger charge is -2.36. The van der Waals surface area contributed by atoms with Gasteiger partial charge in [0.05, 0.1) is 10.2 Å². The monoisotopic (exact) mass is 305 g/mol. The van der Waals surface area contributed by atoms with Crippen LogP contribution in [0.15, 0.2) is 11.4 Å². The zero-order valence-electron chi connectivity index (χ0n) is 13.1. The molecular formula is C15H23N5S. The highest BCUT2D eigenvalue weighted by atomic mass is 32.1. The first-order valence-electron chi connectivity index (χ1n) is 7.47. The van der Waals surface area contributed by atoms with Crippen LogP contribution in [0.25, 0.3) is 10.2 Å². The maximum absolute atomic E-state index is 4.81. The predicted molar refractivity (Wildman–Crippen MR) is 90.6 cm³/mol. The van der Waals surface area contributed by atoms with E-state index in [2.05, 4.69) is 40.5 Å². The summed E-state index contributed by atoms with van der Waals surface area (Å²) >= 11 is 1.73. The van der Waals surface area contributed by atoms with Gasteiger partial charge in [-0.05, 0) is 17.4 Å². The Labute approximate surface area is 130 Å². The second-order valence-corrected chi connectivity index (χ2v) is 7.04. The van der Waals surface area contributed by atoms with Crippen LogP contribution in [0.3, 0.4) is 0 Å². The number of nitrogens with zero attached hydrogens (tertiary/aromatic N) is 4. The van der Waals surface area contributed by atoms with E-state index in [9.17, 15) is 0 Å². The summed E-state index contributed by atoms with van der Waals surface area (Å²) in [5, 5.41) is 5.71. The third kappa shape index (κ3) is 2.82. The van der Waals surface area contributed by atoms with Crippen LogP contribution in [0, 0.1) is 5.92 Å². The molecule has 0 amide bonds. The molecule has 114 valence electrons. The van der Waals surface area contributed by atoms with Crippen molar-refractivity contribution in [1.82, 2.24) is 15.3 Å². The highest BCUT2D eigenvalue weighted by Gasteiger charge is 2.25. The van der Waals surface area contributed by atoms with Crippen LogP contribution in [0.2, 0.25) is 0 Å². The molecule has 3 heterocycles. The number of hydrogen-bond donors (Lipinski definition) is 1. The van der Waals surface area contributed by atoms with E-state index in [0.717, 1.165) is 36.9 Å². The van der Waals surface area contributed by atoms with E-state index >= 15 is 0 Å². The average molecular weight is 305 g/mol. The van der Waals surface area contributed by atoms with Crippen molar-refractivity contribution in [3.05, 3.63) is 11.4 Å². The van der Waals surface area contributed by atoms with Crippen LogP contribution >= 0.6 is 11.3 Å². The molecule has 1 aliphatic heterocycles. The van der Waals surface area contributed by atoms with Gasteiger partial charge in [0.1, 0.15) is 0 Å². The van der Waals surface area contributed by atoms with Gasteiger partial charge in [-0.1, -0.05) is 13.8 Å². The Kier molecular flexibility index (Phi) is 3.99. The maximum atomic E-state index is 4.81. The molecule has 6 heteroatoms. The minimum Gasteiger partial charge on any atom is -0.352 e. The molecule has 1 saturated heterocycles. The zero-order valence-corrected chi connectivity index (χ0v) is 13.9. The highest BCUT2D eigenvalue weighted by molar-refractivity contribution is 7.17. The van der Waals surface area contributed by atoms with Gasteiger partial charge in [-0.15, -0.1) is 11.3 Å². The van der Waals surface area contributed by atoms with Gasteiger partial charge in [0, 0.05) is 39.8 Å². The molecule has 2 aromatic heterocycles. The molecule has 1 unspecified atom stereocenters. The lowest BCUT2D eigenvalue weighted by molar-refractivity contribution is 0.368. The summed E-state index contributed by atoms with van der Waals surface area (Å²) in [7, 11) is 3.98. The molecule has 5 nitrogen and oxygen atoms in total. The number of rotatable bonds is 3. The Morgan fingerprint density at radius 3 is 2.90 bits per heavy atom. The molecule has 0 bridgehead atoms. The van der Waals surface area contributed by atoms with Crippen molar-refractivity contribution in [3.63, 3.8) is 0 Å². The van der Waals surface area contributed by atoms with Gasteiger partial charge < -0.3 is 15.1 Å². The SMILES string of the molecule is CC(C)C1CN(c2nc(N(C)C)nc3ccsc23)CCN1. The van der Waals surface area contributed by atoms with Crippen LogP contribution in [0.1, 0.15) is 13.8 Å². The van der Waals surface area contributed by atoms with Crippen molar-refractivity contribution in [1.29, 1.82) is 0 Å². The summed E-state index contributed by atoms with van der Waals surface area (Å²) in [4.78, 5) is 13.8. The van der Waals surface area contributed by atoms with Gasteiger partial charge in [0.15, 0.2) is 5.82 Å². The number of anilines is 2. The molecule has 0 radical (unpaired) electrons. The van der Waals surface area contributed by atoms with Gasteiger partial charge in [-0.3, -0.25) is 0 Å². The smallest absolute Gasteiger partial charge is 0.227 e. The minimum absolute atomic E-state index is 0.520. The summed E-state index contributed by atoms with van der Waals surface area (Å²) in [6, 6.07) is 2.60. The van der Waals surface area contributed by atoms with E-state index in [1.807, 2.05) is 19.0 Å². The maximum Gasteiger partial charge on any atom is 0.227 e. The molecule has 1 atom stereocenters. The topological polar surface area (TPSA) is 44.3 Å². The molecule has 21 heavy (non-hydrogen) atoms. The number of aromatic nitrogens is 2. The Hall–Kier alpha value is -1.40. The van der Waals surface area contributed by atoms with Crippen LogP contribution in [-0.4, -0.2) is 49.7 Å². The van der Waals surface area contributed by atoms with Crippen LogP contribution in [0.4, 0.5) is 11.8 Å². The Balaban J connectivity index is 2.00. The lowest BCUT2D eigenvalue weighted by atomic mass is 10.0. The van der Waals surface area contributed by atoms with E-state index in [4.69, 9.17) is 4.98 Å². The quantitative estimate of drug-likeness (QED) is 0.942. The Bertz CT molecular complexity index is 622. The zero-order chi connectivity index (χ0) is 15.0. The number of nitrogens with one attached hydrogen (secondary N) is 1. The van der Waals surface area contributed by atoms with Gasteiger partial charge in [-0.25, -0.2) is 4.98 Å². The van der Waals surface area contributed by atoms with Crippen molar-refractivity contribution in [3.8, 4) is 0 Å². The first-order chi connectivity index (χ1) is 10.1. The van der Waals surface area contributed by atoms with Crippen LogP contribution < -0.4 is 15.1 Å². The molecular weight excluding hydrogens is 282 g/mol. The van der Waals surface area contributed by atoms with E-state index < -0.39 is 0 Å². The largest absolute Gasteiger partial charge is 0.352 e. The molecule has 3 rings (SSSR count). The third-order valence-corrected chi connectivity index (χ3v) is 4.88. The second kappa shape index (κ2) is 5.77. The van der Waals surface area contributed by atoms with Gasteiger partial charge in [0.25, 0.3) is 0 Å². The minimum atomic E-state index is 0.520. The predicted octanol–water partition coefficient (Wildman–Crippen LogP) is 2.19. The fraction of sp³-hybridized carbons (Fsp3) is 0.600. The first-order valence-corrected chi connectivity index (χ1v) is 8.35. The lowest BCUT2D eigenvalue weighted by Crippen LogP contribution is -2.53. The van der Waals surface area contributed by atoms with Crippen LogP contribution in [0.5, 0.6) is 0 Å². The molecule has 1 N–H and O–H groups in total. The fourth-order valence-corrected chi connectivity index (χ4v) is 3.52. The van der Waals surface area contributed by atoms with E-state index in [1.165, 1.54) is 4.70 Å². The first kappa shape index (κ1) is 14.5. The molecule has 0 aliphatic carbocycles. The number of fused-ring (bicyclic) bond motifs is 1. The second-order valence-electron chi connectivity index (χ2n) is 6.13. The molecule has 0 spiro atoms. The average Bonchev–Trinajstić information content (AvgIpc) is 2.94. The van der Waals surface area contributed by atoms with Gasteiger partial charge >= 0.3 is 0 Å². The summed E-state index contributed by atoms with van der Waals surface area (Å²) < 4.78 is 1.20. The van der Waals surface area contributed by atoms with Crippen molar-refractivity contribution in [2.45, 2.75) is 19.9 Å². The van der Waals surface area contributed by atoms with E-state index in [0.29, 0.717) is 12.0 Å². The number of thiophene rings is 1. The summed E-state index contributed by atoms with van der Waals surface area (Å²) in [5.74, 6) is 2.50. The van der Waals surface area contributed by atoms with E-state index in [1.54, 1.807) is 11.3 Å². The highest BCUT2D eigenvalue weighted by Crippen LogP contribution is 2.31. The summed E-state index contributed by atoms with van der Waals surface area (Å²) in [6.07, 6.45) is 0. The molecule has 2 aromatic rings. The van der Waals surface area contributed by atoms with Gasteiger partial charge in [0.2, 0.25) is 5.95 Å². The normalized spacial score (nSPS) is 19.5. The Morgan fingerprint density at radius 2 is 2.19 bits per heavy atom. The summed E-state index contributed by atoms with van der Waals surface area (Å²) in [5.41, 5.74) is 1.05. The Morgan fingerprint density at radius 1 is 1.38 bits per heavy atom. The van der Waals surface area contributed by atoms with Crippen molar-refractivity contribution in [2.75, 3.05) is 43.5 Å². The molecule has 1 aliphatic rings. The van der Waals surface area contributed by atoms with Crippen LogP contribution in [-0.2, 0) is 0 Å². The third-order valence-electron chi connectivity index (χ3n) is 3.98. The van der Waals surface area contributed by atoms with E-state index in [-0.39, 0.29) is 0 Å². The fourth-order valence-electron chi connectivity index (χ4n) is 2.67. The van der Waals surface area contributed by atoms with Gasteiger partial charge in [-0.2, -0.15) is 4.98 Å². The number of hydrogen-bond acceptors (Lipinski definition) is 6. The van der Waals surface area contributed by atoms with Crippen molar-refractivity contribution < 1.29 is 0 Å². The standard InChI is InChI=1S/C15H23N5S/c1-10(2)12-9-20(7-6-16-12)14-13-11(5-8-21-13)17-15(18-14)19(3)4/h5,8,10,12,16H,6-7,9H2,1-4H3. The molecule has 1 fully saturated rings. The van der Waals surface area contributed by atoms with Crippen molar-refractivity contribution in [2.24, 2.45) is 5.92 Å². The molecule has 0 saturated carbocycles. The summed E-state index contributed by atoms with van der Waals surface area (Å²) in [6.45, 7) is 7.56. The van der Waals surface area contributed by atoms with Crippen molar-refractivity contribution >= 4 is 33.3 Å². The number of piperazine rings is 1. The molecule has 0 aromatic carbocycles.